The molecule has 26 heavy (non-hydrogen) atoms. The molecule has 0 spiro atoms. The van der Waals surface area contributed by atoms with Crippen LogP contribution in [-0.4, -0.2) is 30.6 Å². The van der Waals surface area contributed by atoms with Gasteiger partial charge in [-0.1, -0.05) is 25.6 Å². The van der Waals surface area contributed by atoms with E-state index in [9.17, 15) is 0 Å². The highest BCUT2D eigenvalue weighted by Crippen LogP contribution is 2.31. The quantitative estimate of drug-likeness (QED) is 0.580. The van der Waals surface area contributed by atoms with Crippen LogP contribution in [0.15, 0.2) is 52.3 Å². The van der Waals surface area contributed by atoms with Gasteiger partial charge in [0.2, 0.25) is 0 Å². The summed E-state index contributed by atoms with van der Waals surface area (Å²) in [5.41, 5.74) is 12.9. The van der Waals surface area contributed by atoms with Gasteiger partial charge in [-0.05, 0) is 75.3 Å². The minimum Gasteiger partial charge on any atom is -0.492 e. The molecule has 142 valence electrons. The Morgan fingerprint density at radius 3 is 2.12 bits per heavy atom. The SMILES string of the molecule is CCCN(CCC)C(C)COc1ccc(Sc2ccc(N)c(N)c2)cc1. The fourth-order valence-electron chi connectivity index (χ4n) is 2.81. The molecule has 0 aromatic heterocycles. The van der Waals surface area contributed by atoms with Crippen LogP contribution >= 0.6 is 11.8 Å². The van der Waals surface area contributed by atoms with Gasteiger partial charge in [0, 0.05) is 15.8 Å². The molecular weight excluding hydrogens is 342 g/mol. The average molecular weight is 374 g/mol. The van der Waals surface area contributed by atoms with Crippen LogP contribution in [0.3, 0.4) is 0 Å². The molecule has 0 aliphatic carbocycles. The number of ether oxygens (including phenoxy) is 1. The molecule has 0 radical (unpaired) electrons. The molecule has 0 saturated carbocycles. The largest absolute Gasteiger partial charge is 0.492 e. The molecule has 4 nitrogen and oxygen atoms in total. The number of rotatable bonds is 10. The van der Waals surface area contributed by atoms with Gasteiger partial charge in [-0.3, -0.25) is 4.90 Å². The van der Waals surface area contributed by atoms with Gasteiger partial charge < -0.3 is 16.2 Å². The van der Waals surface area contributed by atoms with Gasteiger partial charge in [0.1, 0.15) is 12.4 Å². The van der Waals surface area contributed by atoms with Crippen molar-refractivity contribution in [2.45, 2.75) is 49.4 Å². The van der Waals surface area contributed by atoms with Crippen molar-refractivity contribution in [3.05, 3.63) is 42.5 Å². The predicted molar refractivity (Wildman–Crippen MR) is 113 cm³/mol. The van der Waals surface area contributed by atoms with Crippen LogP contribution in [-0.2, 0) is 0 Å². The number of nitrogen functional groups attached to an aromatic ring is 2. The summed E-state index contributed by atoms with van der Waals surface area (Å²) in [5.74, 6) is 0.908. The van der Waals surface area contributed by atoms with Crippen molar-refractivity contribution >= 4 is 23.1 Å². The third-order valence-electron chi connectivity index (χ3n) is 4.25. The summed E-state index contributed by atoms with van der Waals surface area (Å²) in [6, 6.07) is 14.4. The third-order valence-corrected chi connectivity index (χ3v) is 5.25. The number of hydrogen-bond acceptors (Lipinski definition) is 5. The number of nitrogens with two attached hydrogens (primary N) is 2. The zero-order valence-corrected chi connectivity index (χ0v) is 16.9. The molecule has 2 rings (SSSR count). The standard InChI is InChI=1S/C21H31N3OS/c1-4-12-24(13-5-2)16(3)15-25-17-6-8-18(9-7-17)26-19-10-11-20(22)21(23)14-19/h6-11,14,16H,4-5,12-13,15,22-23H2,1-3H3. The molecule has 5 heteroatoms. The second-order valence-electron chi connectivity index (χ2n) is 6.56. The van der Waals surface area contributed by atoms with E-state index in [4.69, 9.17) is 16.2 Å². The van der Waals surface area contributed by atoms with Crippen molar-refractivity contribution in [1.82, 2.24) is 4.90 Å². The Kier molecular flexibility index (Phi) is 8.13. The third kappa shape index (κ3) is 6.15. The van der Waals surface area contributed by atoms with Crippen molar-refractivity contribution in [2.24, 2.45) is 0 Å². The molecule has 0 aliphatic heterocycles. The Morgan fingerprint density at radius 1 is 0.923 bits per heavy atom. The highest BCUT2D eigenvalue weighted by atomic mass is 32.2. The first-order valence-corrected chi connectivity index (χ1v) is 10.1. The zero-order chi connectivity index (χ0) is 18.9. The van der Waals surface area contributed by atoms with Crippen molar-refractivity contribution in [1.29, 1.82) is 0 Å². The average Bonchev–Trinajstić information content (AvgIpc) is 2.64. The van der Waals surface area contributed by atoms with Crippen LogP contribution in [0, 0.1) is 0 Å². The van der Waals surface area contributed by atoms with E-state index in [1.807, 2.05) is 30.3 Å². The first kappa shape index (κ1) is 20.5. The monoisotopic (exact) mass is 373 g/mol. The van der Waals surface area contributed by atoms with Gasteiger partial charge >= 0.3 is 0 Å². The summed E-state index contributed by atoms with van der Waals surface area (Å²) in [5, 5.41) is 0. The van der Waals surface area contributed by atoms with E-state index in [0.717, 1.165) is 28.6 Å². The van der Waals surface area contributed by atoms with E-state index in [1.54, 1.807) is 11.8 Å². The number of nitrogens with zero attached hydrogens (tertiary/aromatic N) is 1. The van der Waals surface area contributed by atoms with Crippen LogP contribution in [0.1, 0.15) is 33.6 Å². The fourth-order valence-corrected chi connectivity index (χ4v) is 3.67. The summed E-state index contributed by atoms with van der Waals surface area (Å²) in [6.45, 7) is 9.64. The van der Waals surface area contributed by atoms with Crippen LogP contribution in [0.2, 0.25) is 0 Å². The van der Waals surface area contributed by atoms with Crippen LogP contribution < -0.4 is 16.2 Å². The summed E-state index contributed by atoms with van der Waals surface area (Å²) < 4.78 is 5.99. The van der Waals surface area contributed by atoms with Gasteiger partial charge in [-0.25, -0.2) is 0 Å². The normalized spacial score (nSPS) is 12.3. The van der Waals surface area contributed by atoms with Crippen molar-refractivity contribution in [2.75, 3.05) is 31.2 Å². The predicted octanol–water partition coefficient (Wildman–Crippen LogP) is 4.89. The molecule has 0 saturated heterocycles. The van der Waals surface area contributed by atoms with Crippen LogP contribution in [0.4, 0.5) is 11.4 Å². The van der Waals surface area contributed by atoms with E-state index < -0.39 is 0 Å². The molecule has 0 aliphatic rings. The lowest BCUT2D eigenvalue weighted by Crippen LogP contribution is -2.38. The van der Waals surface area contributed by atoms with E-state index in [2.05, 4.69) is 37.8 Å². The Bertz CT molecular complexity index is 669. The van der Waals surface area contributed by atoms with Crippen LogP contribution in [0.25, 0.3) is 0 Å². The second-order valence-corrected chi connectivity index (χ2v) is 7.71. The molecule has 0 amide bonds. The molecular formula is C21H31N3OS. The molecule has 1 atom stereocenters. The maximum absolute atomic E-state index is 5.99. The number of anilines is 2. The lowest BCUT2D eigenvalue weighted by molar-refractivity contribution is 0.146. The maximum atomic E-state index is 5.99. The molecule has 0 bridgehead atoms. The van der Waals surface area contributed by atoms with Gasteiger partial charge in [0.25, 0.3) is 0 Å². The van der Waals surface area contributed by atoms with Gasteiger partial charge in [-0.2, -0.15) is 0 Å². The minimum atomic E-state index is 0.418. The molecule has 0 fully saturated rings. The highest BCUT2D eigenvalue weighted by Gasteiger charge is 2.12. The van der Waals surface area contributed by atoms with Crippen molar-refractivity contribution in [3.8, 4) is 5.75 Å². The minimum absolute atomic E-state index is 0.418. The Morgan fingerprint density at radius 2 is 1.54 bits per heavy atom. The number of hydrogen-bond donors (Lipinski definition) is 2. The van der Waals surface area contributed by atoms with Gasteiger partial charge in [0.15, 0.2) is 0 Å². The Labute approximate surface area is 161 Å². The molecule has 4 N–H and O–H groups in total. The fraction of sp³-hybridized carbons (Fsp3) is 0.429. The molecule has 1 unspecified atom stereocenters. The van der Waals surface area contributed by atoms with E-state index >= 15 is 0 Å². The van der Waals surface area contributed by atoms with E-state index in [1.165, 1.54) is 12.8 Å². The van der Waals surface area contributed by atoms with Crippen LogP contribution in [0.5, 0.6) is 5.75 Å². The van der Waals surface area contributed by atoms with Crippen molar-refractivity contribution in [3.63, 3.8) is 0 Å². The molecule has 0 heterocycles. The Balaban J connectivity index is 1.89. The summed E-state index contributed by atoms with van der Waals surface area (Å²) >= 11 is 1.66. The maximum Gasteiger partial charge on any atom is 0.119 e. The highest BCUT2D eigenvalue weighted by molar-refractivity contribution is 7.99. The summed E-state index contributed by atoms with van der Waals surface area (Å²) in [4.78, 5) is 4.72. The first-order valence-electron chi connectivity index (χ1n) is 9.33. The van der Waals surface area contributed by atoms with E-state index in [0.29, 0.717) is 24.0 Å². The number of benzene rings is 2. The zero-order valence-electron chi connectivity index (χ0n) is 16.1. The smallest absolute Gasteiger partial charge is 0.119 e. The molecule has 2 aromatic carbocycles. The van der Waals surface area contributed by atoms with Crippen molar-refractivity contribution < 1.29 is 4.74 Å². The van der Waals surface area contributed by atoms with E-state index in [-0.39, 0.29) is 0 Å². The topological polar surface area (TPSA) is 64.5 Å². The summed E-state index contributed by atoms with van der Waals surface area (Å²) in [6.07, 6.45) is 2.35. The lowest BCUT2D eigenvalue weighted by atomic mass is 10.2. The first-order chi connectivity index (χ1) is 12.5. The van der Waals surface area contributed by atoms with Gasteiger partial charge in [0.05, 0.1) is 11.4 Å². The Hall–Kier alpha value is -1.85. The summed E-state index contributed by atoms with van der Waals surface area (Å²) in [7, 11) is 0. The second kappa shape index (κ2) is 10.3. The lowest BCUT2D eigenvalue weighted by Gasteiger charge is -2.28. The molecule has 2 aromatic rings. The van der Waals surface area contributed by atoms with Gasteiger partial charge in [-0.15, -0.1) is 0 Å².